The Bertz CT molecular complexity index is 553. The number of rotatable bonds is 7. The van der Waals surface area contributed by atoms with Gasteiger partial charge in [-0.3, -0.25) is 4.79 Å². The highest BCUT2D eigenvalue weighted by molar-refractivity contribution is 6.30. The summed E-state index contributed by atoms with van der Waals surface area (Å²) in [4.78, 5) is 12.0. The van der Waals surface area contributed by atoms with Gasteiger partial charge in [0.2, 0.25) is 0 Å². The zero-order valence-electron chi connectivity index (χ0n) is 11.6. The number of nitrogens with one attached hydrogen (secondary N) is 3. The van der Waals surface area contributed by atoms with Gasteiger partial charge in [-0.15, -0.1) is 0 Å². The molecule has 0 spiro atoms. The number of halogens is 2. The number of benzene rings is 1. The smallest absolute Gasteiger partial charge is 0.258 e. The molecule has 21 heavy (non-hydrogen) atoms. The predicted molar refractivity (Wildman–Crippen MR) is 84.4 cm³/mol. The molecule has 0 saturated heterocycles. The summed E-state index contributed by atoms with van der Waals surface area (Å²) in [6, 6.07) is 6.64. The molecule has 1 aromatic carbocycles. The molecule has 0 aliphatic carbocycles. The van der Waals surface area contributed by atoms with Crippen LogP contribution in [0, 0.1) is 5.41 Å². The molecule has 0 atom stereocenters. The monoisotopic (exact) mass is 309 g/mol. The Hall–Kier alpha value is -2.14. The van der Waals surface area contributed by atoms with E-state index in [9.17, 15) is 9.18 Å². The lowest BCUT2D eigenvalue weighted by Crippen LogP contribution is -2.19. The van der Waals surface area contributed by atoms with E-state index in [-0.39, 0.29) is 5.57 Å². The molecular weight excluding hydrogens is 293 g/mol. The van der Waals surface area contributed by atoms with Crippen LogP contribution in [0.25, 0.3) is 0 Å². The van der Waals surface area contributed by atoms with Crippen LogP contribution in [0.4, 0.5) is 10.1 Å². The van der Waals surface area contributed by atoms with Crippen molar-refractivity contribution in [2.45, 2.75) is 13.3 Å². The Labute approximate surface area is 128 Å². The van der Waals surface area contributed by atoms with Crippen LogP contribution in [0.1, 0.15) is 13.3 Å². The molecular formula is C15H17ClFN3O. The second kappa shape index (κ2) is 8.92. The standard InChI is InChI=1S/C15H17ClFN3O/c1-2-11(7-17)9-19-10-12(8-18)15(21)20-14-5-3-13(16)4-6-14/h3-8,10,18-19H,2,9H2,1H3,(H,20,21)/b11-7+,12-10+,18-8?. The van der Waals surface area contributed by atoms with E-state index in [2.05, 4.69) is 10.6 Å². The van der Waals surface area contributed by atoms with Crippen LogP contribution >= 0.6 is 11.6 Å². The van der Waals surface area contributed by atoms with Gasteiger partial charge in [-0.05, 0) is 36.3 Å². The molecule has 0 unspecified atom stereocenters. The summed E-state index contributed by atoms with van der Waals surface area (Å²) in [6.45, 7) is 2.13. The van der Waals surface area contributed by atoms with Gasteiger partial charge in [-0.2, -0.15) is 0 Å². The van der Waals surface area contributed by atoms with Gasteiger partial charge in [0.15, 0.2) is 0 Å². The summed E-state index contributed by atoms with van der Waals surface area (Å²) in [6.07, 6.45) is 3.44. The minimum Gasteiger partial charge on any atom is -0.386 e. The van der Waals surface area contributed by atoms with Gasteiger partial charge in [0, 0.05) is 29.7 Å². The summed E-state index contributed by atoms with van der Waals surface area (Å²) >= 11 is 5.76. The zero-order valence-corrected chi connectivity index (χ0v) is 12.4. The highest BCUT2D eigenvalue weighted by Crippen LogP contribution is 2.13. The molecule has 0 saturated carbocycles. The molecule has 0 aliphatic rings. The lowest BCUT2D eigenvalue weighted by Gasteiger charge is -2.07. The summed E-state index contributed by atoms with van der Waals surface area (Å²) in [5, 5.41) is 13.3. The van der Waals surface area contributed by atoms with E-state index < -0.39 is 5.91 Å². The third-order valence-electron chi connectivity index (χ3n) is 2.71. The Morgan fingerprint density at radius 2 is 2.05 bits per heavy atom. The fourth-order valence-corrected chi connectivity index (χ4v) is 1.57. The van der Waals surface area contributed by atoms with Crippen LogP contribution < -0.4 is 10.6 Å². The van der Waals surface area contributed by atoms with Crippen molar-refractivity contribution in [3.05, 3.63) is 53.0 Å². The Morgan fingerprint density at radius 3 is 2.57 bits per heavy atom. The average molecular weight is 310 g/mol. The number of anilines is 1. The molecule has 6 heteroatoms. The van der Waals surface area contributed by atoms with Gasteiger partial charge in [0.25, 0.3) is 5.91 Å². The Kier molecular flexibility index (Phi) is 7.18. The average Bonchev–Trinajstić information content (AvgIpc) is 2.50. The largest absolute Gasteiger partial charge is 0.386 e. The highest BCUT2D eigenvalue weighted by Gasteiger charge is 2.07. The van der Waals surface area contributed by atoms with Crippen LogP contribution in [0.15, 0.2) is 47.9 Å². The van der Waals surface area contributed by atoms with Gasteiger partial charge in [0.1, 0.15) is 0 Å². The SMILES string of the molecule is CC/C(=C\F)CN/C=C(\C=N)C(=O)Nc1ccc(Cl)cc1. The summed E-state index contributed by atoms with van der Waals surface area (Å²) in [5.74, 6) is -0.429. The van der Waals surface area contributed by atoms with E-state index in [1.165, 1.54) is 6.20 Å². The quantitative estimate of drug-likeness (QED) is 0.531. The van der Waals surface area contributed by atoms with Crippen molar-refractivity contribution in [3.8, 4) is 0 Å². The topological polar surface area (TPSA) is 65.0 Å². The molecule has 112 valence electrons. The predicted octanol–water partition coefficient (Wildman–Crippen LogP) is 3.66. The maximum Gasteiger partial charge on any atom is 0.258 e. The fraction of sp³-hybridized carbons (Fsp3) is 0.200. The fourth-order valence-electron chi connectivity index (χ4n) is 1.44. The third-order valence-corrected chi connectivity index (χ3v) is 2.97. The van der Waals surface area contributed by atoms with Crippen LogP contribution in [0.2, 0.25) is 5.02 Å². The van der Waals surface area contributed by atoms with Crippen molar-refractivity contribution in [3.63, 3.8) is 0 Å². The third kappa shape index (κ3) is 5.79. The first-order valence-electron chi connectivity index (χ1n) is 6.39. The maximum atomic E-state index is 12.4. The van der Waals surface area contributed by atoms with Crippen molar-refractivity contribution < 1.29 is 9.18 Å². The normalized spacial score (nSPS) is 12.0. The highest BCUT2D eigenvalue weighted by atomic mass is 35.5. The Balaban J connectivity index is 2.64. The van der Waals surface area contributed by atoms with E-state index in [1.54, 1.807) is 24.3 Å². The molecule has 1 aromatic rings. The van der Waals surface area contributed by atoms with Crippen molar-refractivity contribution in [1.82, 2.24) is 5.32 Å². The molecule has 0 fully saturated rings. The number of carbonyl (C=O) groups excluding carboxylic acids is 1. The Morgan fingerprint density at radius 1 is 1.38 bits per heavy atom. The van der Waals surface area contributed by atoms with Crippen molar-refractivity contribution in [2.24, 2.45) is 0 Å². The summed E-state index contributed by atoms with van der Waals surface area (Å²) < 4.78 is 12.4. The number of carbonyl (C=O) groups is 1. The van der Waals surface area contributed by atoms with Crippen molar-refractivity contribution >= 4 is 29.4 Å². The summed E-state index contributed by atoms with van der Waals surface area (Å²) in [7, 11) is 0. The first kappa shape index (κ1) is 16.9. The van der Waals surface area contributed by atoms with Crippen LogP contribution in [0.5, 0.6) is 0 Å². The van der Waals surface area contributed by atoms with Gasteiger partial charge in [0.05, 0.1) is 11.9 Å². The van der Waals surface area contributed by atoms with E-state index in [1.807, 2.05) is 6.92 Å². The second-order valence-corrected chi connectivity index (χ2v) is 4.64. The molecule has 1 rings (SSSR count). The molecule has 0 aliphatic heterocycles. The molecule has 3 N–H and O–H groups in total. The summed E-state index contributed by atoms with van der Waals surface area (Å²) in [5.41, 5.74) is 1.29. The number of hydrogen-bond acceptors (Lipinski definition) is 3. The lowest BCUT2D eigenvalue weighted by atomic mass is 10.2. The van der Waals surface area contributed by atoms with E-state index >= 15 is 0 Å². The second-order valence-electron chi connectivity index (χ2n) is 4.21. The van der Waals surface area contributed by atoms with Gasteiger partial charge >= 0.3 is 0 Å². The van der Waals surface area contributed by atoms with E-state index in [0.29, 0.717) is 35.6 Å². The van der Waals surface area contributed by atoms with Gasteiger partial charge in [-0.1, -0.05) is 18.5 Å². The zero-order chi connectivity index (χ0) is 15.7. The maximum absolute atomic E-state index is 12.4. The van der Waals surface area contributed by atoms with Gasteiger partial charge < -0.3 is 16.0 Å². The van der Waals surface area contributed by atoms with Crippen LogP contribution in [0.3, 0.4) is 0 Å². The number of hydrogen-bond donors (Lipinski definition) is 3. The molecule has 1 amide bonds. The first-order valence-corrected chi connectivity index (χ1v) is 6.77. The molecule has 0 heterocycles. The van der Waals surface area contributed by atoms with Crippen molar-refractivity contribution in [2.75, 3.05) is 11.9 Å². The number of amides is 1. The molecule has 0 bridgehead atoms. The molecule has 4 nitrogen and oxygen atoms in total. The van der Waals surface area contributed by atoms with Crippen LogP contribution in [-0.4, -0.2) is 18.7 Å². The van der Waals surface area contributed by atoms with E-state index in [4.69, 9.17) is 17.0 Å². The molecule has 0 aromatic heterocycles. The minimum atomic E-state index is -0.429. The first-order chi connectivity index (χ1) is 10.1. The molecule has 0 radical (unpaired) electrons. The van der Waals surface area contributed by atoms with E-state index in [0.717, 1.165) is 6.21 Å². The van der Waals surface area contributed by atoms with Crippen molar-refractivity contribution in [1.29, 1.82) is 5.41 Å². The lowest BCUT2D eigenvalue weighted by molar-refractivity contribution is -0.112. The minimum absolute atomic E-state index is 0.138. The van der Waals surface area contributed by atoms with Gasteiger partial charge in [-0.25, -0.2) is 4.39 Å². The van der Waals surface area contributed by atoms with Crippen LogP contribution in [-0.2, 0) is 4.79 Å².